The van der Waals surface area contributed by atoms with Crippen LogP contribution in [0.1, 0.15) is 60.9 Å². The zero-order valence-electron chi connectivity index (χ0n) is 13.9. The average molecular weight is 288 g/mol. The molecule has 3 rings (SSSR count). The van der Waals surface area contributed by atoms with E-state index in [2.05, 4.69) is 43.2 Å². The number of hydrogen-bond donors (Lipinski definition) is 0. The highest BCUT2D eigenvalue weighted by Gasteiger charge is 2.29. The molecular formula is C18H28N2O. The minimum Gasteiger partial charge on any atom is -0.345 e. The predicted octanol–water partition coefficient (Wildman–Crippen LogP) is 3.60. The number of Topliss-reactive ketones (excluding diaryl/α,β-unsaturated/α-hetero) is 1. The number of hydrogen-bond acceptors (Lipinski definition) is 2. The van der Waals surface area contributed by atoms with Crippen molar-refractivity contribution in [1.82, 2.24) is 9.47 Å². The molecule has 1 aliphatic heterocycles. The van der Waals surface area contributed by atoms with E-state index in [1.165, 1.54) is 30.7 Å². The molecule has 2 aliphatic rings. The normalized spacial score (nSPS) is 27.0. The molecule has 1 saturated carbocycles. The molecule has 2 fully saturated rings. The van der Waals surface area contributed by atoms with Crippen LogP contribution in [0, 0.1) is 25.7 Å². The van der Waals surface area contributed by atoms with Crippen LogP contribution in [0.2, 0.25) is 0 Å². The second-order valence-electron chi connectivity index (χ2n) is 7.45. The van der Waals surface area contributed by atoms with Gasteiger partial charge in [-0.25, -0.2) is 0 Å². The van der Waals surface area contributed by atoms with E-state index < -0.39 is 0 Å². The van der Waals surface area contributed by atoms with Gasteiger partial charge >= 0.3 is 0 Å². The Balaban J connectivity index is 1.72. The van der Waals surface area contributed by atoms with E-state index in [-0.39, 0.29) is 0 Å². The fraction of sp³-hybridized carbons (Fsp3) is 0.722. The number of ketones is 1. The molecule has 0 spiro atoms. The third-order valence-corrected chi connectivity index (χ3v) is 5.01. The van der Waals surface area contributed by atoms with E-state index in [0.717, 1.165) is 18.7 Å². The fourth-order valence-electron chi connectivity index (χ4n) is 4.16. The van der Waals surface area contributed by atoms with Crippen LogP contribution < -0.4 is 0 Å². The van der Waals surface area contributed by atoms with Crippen LogP contribution in [-0.4, -0.2) is 34.9 Å². The first-order valence-corrected chi connectivity index (χ1v) is 8.39. The molecule has 116 valence electrons. The van der Waals surface area contributed by atoms with Gasteiger partial charge in [-0.1, -0.05) is 13.8 Å². The highest BCUT2D eigenvalue weighted by Crippen LogP contribution is 2.38. The predicted molar refractivity (Wildman–Crippen MR) is 85.9 cm³/mol. The van der Waals surface area contributed by atoms with Gasteiger partial charge in [0.15, 0.2) is 5.78 Å². The average Bonchev–Trinajstić information content (AvgIpc) is 3.14. The summed E-state index contributed by atoms with van der Waals surface area (Å²) in [6.45, 7) is 11.6. The Morgan fingerprint density at radius 2 is 1.81 bits per heavy atom. The number of carbonyl (C=O) groups is 1. The van der Waals surface area contributed by atoms with E-state index in [9.17, 15) is 4.79 Å². The minimum atomic E-state index is 0.302. The van der Waals surface area contributed by atoms with Crippen molar-refractivity contribution in [3.8, 4) is 0 Å². The molecule has 1 aromatic heterocycles. The third-order valence-electron chi connectivity index (χ3n) is 5.01. The lowest BCUT2D eigenvalue weighted by Crippen LogP contribution is -2.41. The summed E-state index contributed by atoms with van der Waals surface area (Å²) >= 11 is 0. The van der Waals surface area contributed by atoms with Gasteiger partial charge in [0.2, 0.25) is 0 Å². The molecule has 0 bridgehead atoms. The standard InChI is InChI=1S/C18H28N2O/c1-12-7-13(2)10-19(9-12)11-18(21)17-8-14(3)20(15(17)4)16-5-6-16/h8,12-13,16H,5-7,9-11H2,1-4H3. The molecule has 2 heterocycles. The van der Waals surface area contributed by atoms with Crippen molar-refractivity contribution in [2.45, 2.75) is 53.0 Å². The zero-order chi connectivity index (χ0) is 15.1. The number of rotatable bonds is 4. The summed E-state index contributed by atoms with van der Waals surface area (Å²) in [4.78, 5) is 15.1. The highest BCUT2D eigenvalue weighted by atomic mass is 16.1. The van der Waals surface area contributed by atoms with Crippen LogP contribution in [-0.2, 0) is 0 Å². The molecule has 2 atom stereocenters. The van der Waals surface area contributed by atoms with Crippen LogP contribution in [0.3, 0.4) is 0 Å². The summed E-state index contributed by atoms with van der Waals surface area (Å²) in [5.74, 6) is 1.72. The third kappa shape index (κ3) is 3.08. The molecule has 1 aliphatic carbocycles. The van der Waals surface area contributed by atoms with E-state index in [1.807, 2.05) is 0 Å². The fourth-order valence-corrected chi connectivity index (χ4v) is 4.16. The number of likely N-dealkylation sites (tertiary alicyclic amines) is 1. The van der Waals surface area contributed by atoms with Gasteiger partial charge in [-0.05, 0) is 51.0 Å². The molecule has 21 heavy (non-hydrogen) atoms. The first kappa shape index (κ1) is 14.8. The SMILES string of the molecule is Cc1cc(C(=O)CN2CC(C)CC(C)C2)c(C)n1C1CC1. The molecule has 1 saturated heterocycles. The molecule has 3 nitrogen and oxygen atoms in total. The van der Waals surface area contributed by atoms with Crippen LogP contribution in [0.4, 0.5) is 0 Å². The van der Waals surface area contributed by atoms with Crippen molar-refractivity contribution in [2.75, 3.05) is 19.6 Å². The maximum Gasteiger partial charge on any atom is 0.178 e. The van der Waals surface area contributed by atoms with Gasteiger partial charge in [-0.2, -0.15) is 0 Å². The Labute approximate surface area is 128 Å². The molecule has 0 amide bonds. The Kier molecular flexibility index (Phi) is 3.96. The Morgan fingerprint density at radius 1 is 1.19 bits per heavy atom. The Morgan fingerprint density at radius 3 is 2.38 bits per heavy atom. The molecule has 2 unspecified atom stereocenters. The summed E-state index contributed by atoms with van der Waals surface area (Å²) in [6, 6.07) is 2.76. The van der Waals surface area contributed by atoms with Crippen molar-refractivity contribution in [3.05, 3.63) is 23.0 Å². The molecule has 3 heteroatoms. The summed E-state index contributed by atoms with van der Waals surface area (Å²) < 4.78 is 2.37. The Hall–Kier alpha value is -1.09. The first-order valence-electron chi connectivity index (χ1n) is 8.39. The van der Waals surface area contributed by atoms with Gasteiger partial charge in [-0.15, -0.1) is 0 Å². The van der Waals surface area contributed by atoms with Crippen molar-refractivity contribution in [3.63, 3.8) is 0 Å². The molecule has 0 radical (unpaired) electrons. The van der Waals surface area contributed by atoms with Crippen LogP contribution in [0.15, 0.2) is 6.07 Å². The number of carbonyl (C=O) groups excluding carboxylic acids is 1. The summed E-state index contributed by atoms with van der Waals surface area (Å²) in [6.07, 6.45) is 3.83. The molecule has 0 aromatic carbocycles. The number of aryl methyl sites for hydroxylation is 1. The summed E-state index contributed by atoms with van der Waals surface area (Å²) in [7, 11) is 0. The lowest BCUT2D eigenvalue weighted by atomic mass is 9.91. The summed E-state index contributed by atoms with van der Waals surface area (Å²) in [5, 5.41) is 0. The van der Waals surface area contributed by atoms with Gasteiger partial charge in [-0.3, -0.25) is 9.69 Å². The van der Waals surface area contributed by atoms with Crippen LogP contribution in [0.25, 0.3) is 0 Å². The number of piperidine rings is 1. The van der Waals surface area contributed by atoms with Gasteiger partial charge in [0.25, 0.3) is 0 Å². The van der Waals surface area contributed by atoms with Gasteiger partial charge in [0.1, 0.15) is 0 Å². The van der Waals surface area contributed by atoms with Crippen molar-refractivity contribution >= 4 is 5.78 Å². The van der Waals surface area contributed by atoms with Gasteiger partial charge < -0.3 is 4.57 Å². The topological polar surface area (TPSA) is 25.2 Å². The molecule has 0 N–H and O–H groups in total. The smallest absolute Gasteiger partial charge is 0.178 e. The quantitative estimate of drug-likeness (QED) is 0.791. The second kappa shape index (κ2) is 5.60. The maximum absolute atomic E-state index is 12.7. The maximum atomic E-state index is 12.7. The van der Waals surface area contributed by atoms with Crippen LogP contribution >= 0.6 is 0 Å². The molecule has 1 aromatic rings. The zero-order valence-corrected chi connectivity index (χ0v) is 13.9. The highest BCUT2D eigenvalue weighted by molar-refractivity contribution is 5.99. The van der Waals surface area contributed by atoms with E-state index in [0.29, 0.717) is 30.2 Å². The Bertz CT molecular complexity index is 532. The van der Waals surface area contributed by atoms with E-state index in [1.54, 1.807) is 0 Å². The van der Waals surface area contributed by atoms with Crippen LogP contribution in [0.5, 0.6) is 0 Å². The minimum absolute atomic E-state index is 0.302. The lowest BCUT2D eigenvalue weighted by Gasteiger charge is -2.34. The number of aromatic nitrogens is 1. The lowest BCUT2D eigenvalue weighted by molar-refractivity contribution is 0.0849. The van der Waals surface area contributed by atoms with Crippen molar-refractivity contribution in [1.29, 1.82) is 0 Å². The second-order valence-corrected chi connectivity index (χ2v) is 7.45. The number of nitrogens with zero attached hydrogens (tertiary/aromatic N) is 2. The van der Waals surface area contributed by atoms with E-state index >= 15 is 0 Å². The van der Waals surface area contributed by atoms with Crippen molar-refractivity contribution in [2.24, 2.45) is 11.8 Å². The van der Waals surface area contributed by atoms with Crippen molar-refractivity contribution < 1.29 is 4.79 Å². The summed E-state index contributed by atoms with van der Waals surface area (Å²) in [5.41, 5.74) is 3.38. The monoisotopic (exact) mass is 288 g/mol. The van der Waals surface area contributed by atoms with Gasteiger partial charge in [0, 0.05) is 36.1 Å². The van der Waals surface area contributed by atoms with Gasteiger partial charge in [0.05, 0.1) is 6.54 Å². The first-order chi connectivity index (χ1) is 9.95. The molecular weight excluding hydrogens is 260 g/mol. The largest absolute Gasteiger partial charge is 0.345 e. The van der Waals surface area contributed by atoms with E-state index in [4.69, 9.17) is 0 Å².